The van der Waals surface area contributed by atoms with E-state index in [1.807, 2.05) is 31.3 Å². The highest BCUT2D eigenvalue weighted by Gasteiger charge is 2.20. The molecule has 1 saturated heterocycles. The number of nitrogens with zero attached hydrogens (tertiary/aromatic N) is 4. The van der Waals surface area contributed by atoms with E-state index in [0.29, 0.717) is 5.56 Å². The van der Waals surface area contributed by atoms with Gasteiger partial charge in [0.05, 0.1) is 25.3 Å². The molecule has 8 nitrogen and oxygen atoms in total. The van der Waals surface area contributed by atoms with Crippen LogP contribution in [0, 0.1) is 11.3 Å². The first-order valence-corrected chi connectivity index (χ1v) is 12.3. The number of carbonyl (C=O) groups excluding carboxylic acids is 1. The molecule has 0 unspecified atom stereocenters. The molecule has 2 aromatic carbocycles. The summed E-state index contributed by atoms with van der Waals surface area (Å²) < 4.78 is 5.31. The number of benzene rings is 2. The first-order chi connectivity index (χ1) is 17.5. The number of amides is 1. The maximum absolute atomic E-state index is 9.59. The van der Waals surface area contributed by atoms with Gasteiger partial charge in [-0.1, -0.05) is 24.8 Å². The van der Waals surface area contributed by atoms with Gasteiger partial charge in [0.2, 0.25) is 6.41 Å². The Labute approximate surface area is 215 Å². The van der Waals surface area contributed by atoms with Gasteiger partial charge in [0.1, 0.15) is 5.75 Å². The Hall–Kier alpha value is -3.54. The first kappa shape index (κ1) is 28.7. The first-order valence-electron chi connectivity index (χ1n) is 12.3. The molecule has 36 heavy (non-hydrogen) atoms. The fraction of sp³-hybridized carbons (Fsp3) is 0.429. The van der Waals surface area contributed by atoms with Crippen molar-refractivity contribution in [3.05, 3.63) is 71.4 Å². The molecule has 0 aliphatic carbocycles. The number of anilines is 1. The van der Waals surface area contributed by atoms with Crippen molar-refractivity contribution in [1.29, 1.82) is 5.26 Å². The standard InChI is InChI=1S/C27H37N5O.CH3NO/c1-22(30(3)32-16-5-6-17-32)21-31(15-7-14-29-2)27-19-24(20-28)8-11-25(27)18-23-9-12-26(33-4)13-10-23;2-1-3/h8-13,19,29H,1,5-7,14-18,21H2,2-4H3;1H,(H2,2,3). The molecule has 0 radical (unpaired) electrons. The molecule has 0 saturated carbocycles. The van der Waals surface area contributed by atoms with Crippen LogP contribution in [0.25, 0.3) is 0 Å². The highest BCUT2D eigenvalue weighted by atomic mass is 16.5. The maximum atomic E-state index is 9.59. The quantitative estimate of drug-likeness (QED) is 0.347. The predicted octanol–water partition coefficient (Wildman–Crippen LogP) is 3.13. The van der Waals surface area contributed by atoms with Crippen LogP contribution in [0.4, 0.5) is 5.69 Å². The van der Waals surface area contributed by atoms with E-state index in [-0.39, 0.29) is 6.41 Å². The number of rotatable bonds is 12. The van der Waals surface area contributed by atoms with E-state index in [1.54, 1.807) is 7.11 Å². The second-order valence-corrected chi connectivity index (χ2v) is 8.75. The van der Waals surface area contributed by atoms with Crippen LogP contribution in [0.2, 0.25) is 0 Å². The van der Waals surface area contributed by atoms with Crippen molar-refractivity contribution in [2.75, 3.05) is 58.8 Å². The third kappa shape index (κ3) is 8.59. The topological polar surface area (TPSA) is 97.9 Å². The van der Waals surface area contributed by atoms with E-state index < -0.39 is 0 Å². The zero-order chi connectivity index (χ0) is 26.3. The zero-order valence-corrected chi connectivity index (χ0v) is 21.9. The molecule has 3 N–H and O–H groups in total. The highest BCUT2D eigenvalue weighted by molar-refractivity contribution is 5.59. The average Bonchev–Trinajstić information content (AvgIpc) is 3.44. The summed E-state index contributed by atoms with van der Waals surface area (Å²) in [4.78, 5) is 11.0. The number of hydrogen-bond donors (Lipinski definition) is 2. The molecule has 0 aromatic heterocycles. The van der Waals surface area contributed by atoms with Crippen LogP contribution in [-0.2, 0) is 11.2 Å². The van der Waals surface area contributed by atoms with Gasteiger partial charge >= 0.3 is 0 Å². The molecule has 1 amide bonds. The molecule has 0 bridgehead atoms. The lowest BCUT2D eigenvalue weighted by Crippen LogP contribution is -2.41. The van der Waals surface area contributed by atoms with Crippen LogP contribution in [0.1, 0.15) is 36.0 Å². The van der Waals surface area contributed by atoms with Crippen LogP contribution in [0.5, 0.6) is 5.75 Å². The molecule has 1 aliphatic heterocycles. The van der Waals surface area contributed by atoms with Gasteiger partial charge in [-0.2, -0.15) is 5.26 Å². The zero-order valence-electron chi connectivity index (χ0n) is 21.9. The second kappa shape index (κ2) is 15.5. The molecule has 1 aliphatic rings. The van der Waals surface area contributed by atoms with Crippen molar-refractivity contribution >= 4 is 12.1 Å². The van der Waals surface area contributed by atoms with E-state index in [0.717, 1.165) is 62.7 Å². The van der Waals surface area contributed by atoms with Gasteiger partial charge in [-0.05, 0) is 74.7 Å². The Morgan fingerprint density at radius 1 is 1.25 bits per heavy atom. The molecule has 0 spiro atoms. The van der Waals surface area contributed by atoms with Gasteiger partial charge < -0.3 is 25.7 Å². The Morgan fingerprint density at radius 2 is 1.92 bits per heavy atom. The monoisotopic (exact) mass is 492 g/mol. The van der Waals surface area contributed by atoms with Crippen molar-refractivity contribution in [1.82, 2.24) is 15.3 Å². The summed E-state index contributed by atoms with van der Waals surface area (Å²) in [6.07, 6.45) is 4.53. The molecule has 2 aromatic rings. The van der Waals surface area contributed by atoms with E-state index in [9.17, 15) is 5.26 Å². The lowest BCUT2D eigenvalue weighted by atomic mass is 10.00. The third-order valence-electron chi connectivity index (χ3n) is 6.30. The van der Waals surface area contributed by atoms with Gasteiger partial charge in [0.25, 0.3) is 0 Å². The highest BCUT2D eigenvalue weighted by Crippen LogP contribution is 2.27. The number of hydrogen-bond acceptors (Lipinski definition) is 7. The van der Waals surface area contributed by atoms with Crippen molar-refractivity contribution in [3.63, 3.8) is 0 Å². The second-order valence-electron chi connectivity index (χ2n) is 8.75. The lowest BCUT2D eigenvalue weighted by Gasteiger charge is -2.35. The molecule has 1 heterocycles. The number of methoxy groups -OCH3 is 1. The van der Waals surface area contributed by atoms with E-state index in [2.05, 4.69) is 63.9 Å². The van der Waals surface area contributed by atoms with Crippen molar-refractivity contribution in [3.8, 4) is 11.8 Å². The number of ether oxygens (including phenoxy) is 1. The van der Waals surface area contributed by atoms with Crippen molar-refractivity contribution < 1.29 is 9.53 Å². The van der Waals surface area contributed by atoms with Crippen molar-refractivity contribution in [2.45, 2.75) is 25.7 Å². The summed E-state index contributed by atoms with van der Waals surface area (Å²) in [7, 11) is 5.78. The Kier molecular flexibility index (Phi) is 12.3. The molecule has 3 rings (SSSR count). The summed E-state index contributed by atoms with van der Waals surface area (Å²) in [6, 6.07) is 16.6. The number of nitrogens with two attached hydrogens (primary N) is 1. The average molecular weight is 493 g/mol. The van der Waals surface area contributed by atoms with Gasteiger partial charge in [0.15, 0.2) is 0 Å². The summed E-state index contributed by atoms with van der Waals surface area (Å²) in [5.41, 5.74) is 9.45. The van der Waals surface area contributed by atoms with Crippen LogP contribution in [0.3, 0.4) is 0 Å². The van der Waals surface area contributed by atoms with Crippen LogP contribution < -0.4 is 20.7 Å². The molecule has 0 atom stereocenters. The predicted molar refractivity (Wildman–Crippen MR) is 146 cm³/mol. The number of primary amides is 1. The number of hydrazine groups is 1. The smallest absolute Gasteiger partial charge is 0.204 e. The van der Waals surface area contributed by atoms with Crippen LogP contribution in [-0.4, -0.2) is 70.4 Å². The largest absolute Gasteiger partial charge is 0.497 e. The minimum absolute atomic E-state index is 0.250. The van der Waals surface area contributed by atoms with Crippen LogP contribution in [0.15, 0.2) is 54.7 Å². The summed E-state index contributed by atoms with van der Waals surface area (Å²) in [5, 5.41) is 17.4. The summed E-state index contributed by atoms with van der Waals surface area (Å²) in [6.45, 7) is 9.14. The minimum Gasteiger partial charge on any atom is -0.497 e. The lowest BCUT2D eigenvalue weighted by molar-refractivity contribution is -0.106. The van der Waals surface area contributed by atoms with Gasteiger partial charge in [-0.15, -0.1) is 0 Å². The Morgan fingerprint density at radius 3 is 2.50 bits per heavy atom. The van der Waals surface area contributed by atoms with Crippen molar-refractivity contribution in [2.24, 2.45) is 5.73 Å². The van der Waals surface area contributed by atoms with Crippen LogP contribution >= 0.6 is 0 Å². The van der Waals surface area contributed by atoms with Gasteiger partial charge in [-0.3, -0.25) is 4.79 Å². The normalized spacial score (nSPS) is 12.7. The fourth-order valence-electron chi connectivity index (χ4n) is 4.30. The minimum atomic E-state index is 0.250. The summed E-state index contributed by atoms with van der Waals surface area (Å²) >= 11 is 0. The molecule has 1 fully saturated rings. The Balaban J connectivity index is 0.00000145. The fourth-order valence-corrected chi connectivity index (χ4v) is 4.30. The SMILES string of the molecule is C=C(CN(CCCNC)c1cc(C#N)ccc1Cc1ccc(OC)cc1)N(C)N1CCCC1.NC=O. The van der Waals surface area contributed by atoms with Gasteiger partial charge in [0, 0.05) is 38.1 Å². The summed E-state index contributed by atoms with van der Waals surface area (Å²) in [5.74, 6) is 0.855. The number of likely N-dealkylation sites (N-methyl/N-ethyl adjacent to an activating group) is 1. The third-order valence-corrected chi connectivity index (χ3v) is 6.30. The molecular weight excluding hydrogens is 452 g/mol. The number of carbonyl (C=O) groups is 1. The van der Waals surface area contributed by atoms with E-state index in [1.165, 1.54) is 24.0 Å². The van der Waals surface area contributed by atoms with E-state index in [4.69, 9.17) is 9.53 Å². The number of nitrogens with one attached hydrogen (secondary N) is 1. The van der Waals surface area contributed by atoms with Gasteiger partial charge in [-0.25, -0.2) is 5.01 Å². The number of nitriles is 1. The maximum Gasteiger partial charge on any atom is 0.204 e. The molecule has 194 valence electrons. The van der Waals surface area contributed by atoms with E-state index >= 15 is 0 Å². The molecular formula is C28H40N6O2. The Bertz CT molecular complexity index is 996. The molecule has 8 heteroatoms.